The Morgan fingerprint density at radius 3 is 2.67 bits per heavy atom. The lowest BCUT2D eigenvalue weighted by Crippen LogP contribution is -2.36. The molecule has 21 heavy (non-hydrogen) atoms. The molecule has 1 atom stereocenters. The van der Waals surface area contributed by atoms with Crippen molar-refractivity contribution in [3.05, 3.63) is 32.8 Å². The summed E-state index contributed by atoms with van der Waals surface area (Å²) in [5.41, 5.74) is -1.73. The number of hydrogen-bond donors (Lipinski definition) is 3. The fourth-order valence-corrected chi connectivity index (χ4v) is 2.69. The quantitative estimate of drug-likeness (QED) is 0.518. The normalized spacial score (nSPS) is 13.5. The second kappa shape index (κ2) is 6.97. The van der Waals surface area contributed by atoms with Crippen molar-refractivity contribution in [3.8, 4) is 0 Å². The van der Waals surface area contributed by atoms with E-state index in [1.807, 2.05) is 6.26 Å². The topological polar surface area (TPSA) is 113 Å². The van der Waals surface area contributed by atoms with Gasteiger partial charge in [0.05, 0.1) is 26.8 Å². The van der Waals surface area contributed by atoms with Gasteiger partial charge in [-0.15, -0.1) is 0 Å². The summed E-state index contributed by atoms with van der Waals surface area (Å²) in [4.78, 5) is 21.2. The van der Waals surface area contributed by atoms with Gasteiger partial charge in [0, 0.05) is 24.4 Å². The van der Waals surface area contributed by atoms with E-state index in [9.17, 15) is 20.0 Å². The molecule has 0 radical (unpaired) electrons. The van der Waals surface area contributed by atoms with E-state index in [1.54, 1.807) is 6.92 Å². The van der Waals surface area contributed by atoms with E-state index >= 15 is 0 Å². The van der Waals surface area contributed by atoms with Crippen molar-refractivity contribution in [2.75, 3.05) is 23.9 Å². The van der Waals surface area contributed by atoms with E-state index in [1.165, 1.54) is 11.8 Å². The van der Waals surface area contributed by atoms with E-state index < -0.39 is 22.2 Å². The number of aliphatic hydroxyl groups is 1. The van der Waals surface area contributed by atoms with Crippen molar-refractivity contribution >= 4 is 40.7 Å². The van der Waals surface area contributed by atoms with Gasteiger partial charge in [0.1, 0.15) is 0 Å². The summed E-state index contributed by atoms with van der Waals surface area (Å²) in [5, 5.41) is 32.6. The molecule has 9 heteroatoms. The largest absolute Gasteiger partial charge is 0.478 e. The summed E-state index contributed by atoms with van der Waals surface area (Å²) >= 11 is 7.35. The van der Waals surface area contributed by atoms with Gasteiger partial charge in [0.2, 0.25) is 0 Å². The number of rotatable bonds is 7. The predicted octanol–water partition coefficient (Wildman–Crippen LogP) is 2.47. The van der Waals surface area contributed by atoms with E-state index in [0.717, 1.165) is 12.1 Å². The molecule has 0 amide bonds. The van der Waals surface area contributed by atoms with Crippen LogP contribution < -0.4 is 5.32 Å². The lowest BCUT2D eigenvalue weighted by atomic mass is 10.1. The van der Waals surface area contributed by atoms with Crippen LogP contribution in [0.15, 0.2) is 12.1 Å². The minimum Gasteiger partial charge on any atom is -0.478 e. The molecule has 0 aliphatic rings. The van der Waals surface area contributed by atoms with Crippen LogP contribution in [0, 0.1) is 10.1 Å². The first-order chi connectivity index (χ1) is 9.68. The first kappa shape index (κ1) is 17.5. The first-order valence-corrected chi connectivity index (χ1v) is 7.61. The van der Waals surface area contributed by atoms with Crippen LogP contribution in [0.5, 0.6) is 0 Å². The first-order valence-electron chi connectivity index (χ1n) is 5.84. The molecule has 116 valence electrons. The zero-order valence-corrected chi connectivity index (χ0v) is 13.0. The van der Waals surface area contributed by atoms with Crippen LogP contribution in [-0.2, 0) is 0 Å². The molecule has 0 saturated heterocycles. The number of halogens is 1. The van der Waals surface area contributed by atoms with Crippen LogP contribution in [0.1, 0.15) is 17.3 Å². The van der Waals surface area contributed by atoms with Crippen molar-refractivity contribution < 1.29 is 19.9 Å². The number of non-ortho nitro benzene ring substituents is 1. The minimum atomic E-state index is -1.34. The van der Waals surface area contributed by atoms with E-state index in [2.05, 4.69) is 5.32 Å². The average molecular weight is 335 g/mol. The Labute approximate surface area is 130 Å². The molecule has 7 nitrogen and oxygen atoms in total. The molecular weight excluding hydrogens is 320 g/mol. The molecule has 0 fully saturated rings. The van der Waals surface area contributed by atoms with Crippen molar-refractivity contribution in [1.82, 2.24) is 0 Å². The molecule has 0 bridgehead atoms. The zero-order valence-electron chi connectivity index (χ0n) is 11.4. The number of carbonyl (C=O) groups is 1. The van der Waals surface area contributed by atoms with Crippen molar-refractivity contribution in [1.29, 1.82) is 0 Å². The van der Waals surface area contributed by atoms with Gasteiger partial charge in [-0.05, 0) is 13.2 Å². The maximum atomic E-state index is 11.2. The van der Waals surface area contributed by atoms with E-state index in [-0.39, 0.29) is 22.8 Å². The van der Waals surface area contributed by atoms with Gasteiger partial charge >= 0.3 is 5.97 Å². The molecule has 0 aliphatic carbocycles. The van der Waals surface area contributed by atoms with Crippen LogP contribution >= 0.6 is 23.4 Å². The van der Waals surface area contributed by atoms with Gasteiger partial charge in [-0.1, -0.05) is 11.6 Å². The lowest BCUT2D eigenvalue weighted by molar-refractivity contribution is -0.384. The van der Waals surface area contributed by atoms with Gasteiger partial charge in [0.25, 0.3) is 5.69 Å². The van der Waals surface area contributed by atoms with Crippen molar-refractivity contribution in [3.63, 3.8) is 0 Å². The molecule has 0 heterocycles. The summed E-state index contributed by atoms with van der Waals surface area (Å²) < 4.78 is 0. The standard InChI is InChI=1S/C12H15ClN2O5S/c1-12(18,6-21-2)5-14-10-8(11(16)17)3-7(15(19)20)4-9(10)13/h3-4,14,18H,5-6H2,1-2H3,(H,16,17). The summed E-state index contributed by atoms with van der Waals surface area (Å²) in [6, 6.07) is 2.00. The third kappa shape index (κ3) is 4.76. The molecule has 1 aromatic carbocycles. The molecule has 3 N–H and O–H groups in total. The molecular formula is C12H15ClN2O5S. The second-order valence-electron chi connectivity index (χ2n) is 4.70. The number of nitro benzene ring substituents is 1. The Morgan fingerprint density at radius 2 is 2.19 bits per heavy atom. The molecule has 1 aromatic rings. The Kier molecular flexibility index (Phi) is 5.82. The monoisotopic (exact) mass is 334 g/mol. The maximum Gasteiger partial charge on any atom is 0.338 e. The van der Waals surface area contributed by atoms with Crippen LogP contribution in [0.25, 0.3) is 0 Å². The van der Waals surface area contributed by atoms with Crippen LogP contribution in [0.3, 0.4) is 0 Å². The van der Waals surface area contributed by atoms with Gasteiger partial charge in [-0.2, -0.15) is 11.8 Å². The number of carboxylic acid groups (broad SMARTS) is 1. The highest BCUT2D eigenvalue weighted by molar-refractivity contribution is 7.98. The molecule has 1 unspecified atom stereocenters. The Balaban J connectivity index is 3.12. The number of thioether (sulfide) groups is 1. The summed E-state index contributed by atoms with van der Waals surface area (Å²) in [6.07, 6.45) is 1.83. The van der Waals surface area contributed by atoms with Gasteiger partial charge in [-0.25, -0.2) is 4.79 Å². The van der Waals surface area contributed by atoms with E-state index in [0.29, 0.717) is 5.75 Å². The maximum absolute atomic E-state index is 11.2. The van der Waals surface area contributed by atoms with Crippen molar-refractivity contribution in [2.24, 2.45) is 0 Å². The van der Waals surface area contributed by atoms with Gasteiger partial charge in [-0.3, -0.25) is 10.1 Å². The van der Waals surface area contributed by atoms with Crippen LogP contribution in [0.4, 0.5) is 11.4 Å². The fourth-order valence-electron chi connectivity index (χ4n) is 1.69. The number of nitrogens with one attached hydrogen (secondary N) is 1. The summed E-state index contributed by atoms with van der Waals surface area (Å²) in [6.45, 7) is 1.65. The zero-order chi connectivity index (χ0) is 16.2. The number of aromatic carboxylic acids is 1. The highest BCUT2D eigenvalue weighted by Crippen LogP contribution is 2.32. The lowest BCUT2D eigenvalue weighted by Gasteiger charge is -2.24. The SMILES string of the molecule is CSCC(C)(O)CNc1c(Cl)cc([N+](=O)[O-])cc1C(=O)O. The minimum absolute atomic E-state index is 0.0520. The third-order valence-corrected chi connectivity index (χ3v) is 3.83. The Bertz CT molecular complexity index is 565. The van der Waals surface area contributed by atoms with Crippen LogP contribution in [-0.4, -0.2) is 45.3 Å². The molecule has 0 aliphatic heterocycles. The molecule has 1 rings (SSSR count). The van der Waals surface area contributed by atoms with Crippen LogP contribution in [0.2, 0.25) is 5.02 Å². The summed E-state index contributed by atoms with van der Waals surface area (Å²) in [7, 11) is 0. The fraction of sp³-hybridized carbons (Fsp3) is 0.417. The Morgan fingerprint density at radius 1 is 1.57 bits per heavy atom. The number of anilines is 1. The third-order valence-electron chi connectivity index (χ3n) is 2.62. The van der Waals surface area contributed by atoms with Gasteiger partial charge < -0.3 is 15.5 Å². The molecule has 0 spiro atoms. The Hall–Kier alpha value is -1.51. The number of hydrogen-bond acceptors (Lipinski definition) is 6. The molecule has 0 saturated carbocycles. The number of nitrogens with zero attached hydrogens (tertiary/aromatic N) is 1. The summed E-state index contributed by atoms with van der Waals surface area (Å²) in [5.74, 6) is -0.903. The average Bonchev–Trinajstić information content (AvgIpc) is 2.35. The van der Waals surface area contributed by atoms with Gasteiger partial charge in [0.15, 0.2) is 0 Å². The number of carboxylic acids is 1. The molecule has 0 aromatic heterocycles. The second-order valence-corrected chi connectivity index (χ2v) is 5.97. The smallest absolute Gasteiger partial charge is 0.338 e. The van der Waals surface area contributed by atoms with E-state index in [4.69, 9.17) is 16.7 Å². The number of benzene rings is 1. The van der Waals surface area contributed by atoms with Crippen molar-refractivity contribution in [2.45, 2.75) is 12.5 Å². The number of nitro groups is 1. The predicted molar refractivity (Wildman–Crippen MR) is 82.6 cm³/mol. The highest BCUT2D eigenvalue weighted by atomic mass is 35.5. The highest BCUT2D eigenvalue weighted by Gasteiger charge is 2.24.